The minimum atomic E-state index is -0.955. The molecular weight excluding hydrogens is 376 g/mol. The lowest BCUT2D eigenvalue weighted by Gasteiger charge is -2.45. The Hall–Kier alpha value is -2.82. The number of nitrogens with zero attached hydrogens (tertiary/aromatic N) is 1. The van der Waals surface area contributed by atoms with Crippen molar-refractivity contribution in [2.24, 2.45) is 0 Å². The van der Waals surface area contributed by atoms with E-state index in [1.807, 2.05) is 55.5 Å². The topological polar surface area (TPSA) is 58.6 Å². The van der Waals surface area contributed by atoms with Gasteiger partial charge in [-0.05, 0) is 37.5 Å². The summed E-state index contributed by atoms with van der Waals surface area (Å²) in [5.74, 6) is 0.551. The molecular formula is C25H30N2O3. The van der Waals surface area contributed by atoms with Gasteiger partial charge in [0.25, 0.3) is 5.91 Å². The third kappa shape index (κ3) is 3.81. The van der Waals surface area contributed by atoms with Gasteiger partial charge < -0.3 is 15.0 Å². The van der Waals surface area contributed by atoms with Crippen molar-refractivity contribution in [3.8, 4) is 5.75 Å². The fourth-order valence-electron chi connectivity index (χ4n) is 4.76. The maximum atomic E-state index is 13.6. The molecule has 0 bridgehead atoms. The number of methoxy groups -OCH3 is 1. The first kappa shape index (κ1) is 20.5. The number of carbonyl (C=O) groups excluding carboxylic acids is 2. The van der Waals surface area contributed by atoms with Crippen LogP contribution in [0.5, 0.6) is 5.75 Å². The quantitative estimate of drug-likeness (QED) is 0.813. The molecule has 1 aliphatic heterocycles. The fraction of sp³-hybridized carbons (Fsp3) is 0.440. The van der Waals surface area contributed by atoms with Crippen LogP contribution in [0.1, 0.15) is 60.5 Å². The Morgan fingerprint density at radius 3 is 2.57 bits per heavy atom. The monoisotopic (exact) mass is 406 g/mol. The zero-order chi connectivity index (χ0) is 21.1. The third-order valence-corrected chi connectivity index (χ3v) is 6.57. The number of amides is 2. The molecule has 30 heavy (non-hydrogen) atoms. The Labute approximate surface area is 178 Å². The summed E-state index contributed by atoms with van der Waals surface area (Å²) in [7, 11) is 1.63. The van der Waals surface area contributed by atoms with E-state index in [1.54, 1.807) is 12.0 Å². The predicted octanol–water partition coefficient (Wildman–Crippen LogP) is 4.10. The minimum Gasteiger partial charge on any atom is -0.496 e. The first-order chi connectivity index (χ1) is 14.5. The zero-order valence-corrected chi connectivity index (χ0v) is 17.8. The molecule has 0 spiro atoms. The lowest BCUT2D eigenvalue weighted by atomic mass is 9.82. The zero-order valence-electron chi connectivity index (χ0n) is 17.8. The molecule has 0 radical (unpaired) electrons. The standard InChI is InChI=1S/C25H30N2O3/c1-25(24(29)26-20-12-4-3-5-13-20)16-18-10-6-8-14-21(18)23(28)27(25)17-19-11-7-9-15-22(19)30-2/h6-11,14-15,20H,3-5,12-13,16-17H2,1-2H3,(H,26,29)/t25-/m1/s1. The molecule has 158 valence electrons. The Balaban J connectivity index is 1.69. The number of benzene rings is 2. The van der Waals surface area contributed by atoms with E-state index in [0.29, 0.717) is 18.5 Å². The molecule has 5 nitrogen and oxygen atoms in total. The van der Waals surface area contributed by atoms with Gasteiger partial charge in [0.2, 0.25) is 5.91 Å². The van der Waals surface area contributed by atoms with Gasteiger partial charge in [0.05, 0.1) is 13.7 Å². The Bertz CT molecular complexity index is 935. The van der Waals surface area contributed by atoms with Crippen molar-refractivity contribution in [2.45, 2.75) is 63.6 Å². The lowest BCUT2D eigenvalue weighted by molar-refractivity contribution is -0.133. The van der Waals surface area contributed by atoms with Crippen molar-refractivity contribution in [1.29, 1.82) is 0 Å². The molecule has 0 saturated heterocycles. The first-order valence-electron chi connectivity index (χ1n) is 10.9. The molecule has 0 aromatic heterocycles. The van der Waals surface area contributed by atoms with Crippen molar-refractivity contribution in [1.82, 2.24) is 10.2 Å². The Morgan fingerprint density at radius 1 is 1.10 bits per heavy atom. The molecule has 1 fully saturated rings. The van der Waals surface area contributed by atoms with Crippen molar-refractivity contribution < 1.29 is 14.3 Å². The summed E-state index contributed by atoms with van der Waals surface area (Å²) in [6.07, 6.45) is 6.05. The van der Waals surface area contributed by atoms with Crippen LogP contribution in [-0.2, 0) is 17.8 Å². The lowest BCUT2D eigenvalue weighted by Crippen LogP contribution is -2.63. The number of para-hydroxylation sites is 1. The van der Waals surface area contributed by atoms with Crippen LogP contribution in [0.25, 0.3) is 0 Å². The number of ether oxygens (including phenoxy) is 1. The van der Waals surface area contributed by atoms with Crippen molar-refractivity contribution >= 4 is 11.8 Å². The van der Waals surface area contributed by atoms with Crippen molar-refractivity contribution in [3.63, 3.8) is 0 Å². The number of fused-ring (bicyclic) bond motifs is 1. The number of rotatable bonds is 5. The molecule has 2 aromatic rings. The molecule has 1 atom stereocenters. The van der Waals surface area contributed by atoms with Crippen molar-refractivity contribution in [2.75, 3.05) is 7.11 Å². The number of hydrogen-bond acceptors (Lipinski definition) is 3. The maximum absolute atomic E-state index is 13.6. The van der Waals surface area contributed by atoms with Crippen LogP contribution in [0.15, 0.2) is 48.5 Å². The summed E-state index contributed by atoms with van der Waals surface area (Å²) >= 11 is 0. The van der Waals surface area contributed by atoms with E-state index >= 15 is 0 Å². The average molecular weight is 407 g/mol. The molecule has 1 saturated carbocycles. The summed E-state index contributed by atoms with van der Waals surface area (Å²) in [5, 5.41) is 3.26. The smallest absolute Gasteiger partial charge is 0.255 e. The van der Waals surface area contributed by atoms with Gasteiger partial charge in [0, 0.05) is 23.6 Å². The van der Waals surface area contributed by atoms with Gasteiger partial charge in [-0.25, -0.2) is 0 Å². The molecule has 5 heteroatoms. The Kier molecular flexibility index (Phi) is 5.80. The molecule has 2 aromatic carbocycles. The van der Waals surface area contributed by atoms with Crippen LogP contribution in [0.2, 0.25) is 0 Å². The van der Waals surface area contributed by atoms with Gasteiger partial charge in [-0.15, -0.1) is 0 Å². The fourth-order valence-corrected chi connectivity index (χ4v) is 4.76. The summed E-state index contributed by atoms with van der Waals surface area (Å²) in [6.45, 7) is 2.22. The molecule has 4 rings (SSSR count). The van der Waals surface area contributed by atoms with Gasteiger partial charge in [-0.1, -0.05) is 55.7 Å². The highest BCUT2D eigenvalue weighted by atomic mass is 16.5. The van der Waals surface area contributed by atoms with Gasteiger partial charge in [-0.3, -0.25) is 9.59 Å². The van der Waals surface area contributed by atoms with Gasteiger partial charge in [0.15, 0.2) is 0 Å². The SMILES string of the molecule is COc1ccccc1CN1C(=O)c2ccccc2C[C@]1(C)C(=O)NC1CCCCC1. The van der Waals surface area contributed by atoms with Crippen LogP contribution in [0.4, 0.5) is 0 Å². The minimum absolute atomic E-state index is 0.0628. The van der Waals surface area contributed by atoms with Crippen LogP contribution in [0.3, 0.4) is 0 Å². The van der Waals surface area contributed by atoms with E-state index in [0.717, 1.165) is 42.6 Å². The second-order valence-corrected chi connectivity index (χ2v) is 8.62. The second-order valence-electron chi connectivity index (χ2n) is 8.62. The summed E-state index contributed by atoms with van der Waals surface area (Å²) < 4.78 is 5.50. The first-order valence-corrected chi connectivity index (χ1v) is 10.9. The summed E-state index contributed by atoms with van der Waals surface area (Å²) in [6, 6.07) is 15.5. The summed E-state index contributed by atoms with van der Waals surface area (Å²) in [5.41, 5.74) is 1.55. The molecule has 2 aliphatic rings. The highest BCUT2D eigenvalue weighted by molar-refractivity contribution is 6.02. The highest BCUT2D eigenvalue weighted by Crippen LogP contribution is 2.34. The van der Waals surface area contributed by atoms with Gasteiger partial charge in [-0.2, -0.15) is 0 Å². The maximum Gasteiger partial charge on any atom is 0.255 e. The average Bonchev–Trinajstić information content (AvgIpc) is 2.77. The van der Waals surface area contributed by atoms with Gasteiger partial charge in [0.1, 0.15) is 11.3 Å². The van der Waals surface area contributed by atoms with E-state index in [-0.39, 0.29) is 17.9 Å². The van der Waals surface area contributed by atoms with Crippen LogP contribution < -0.4 is 10.1 Å². The Morgan fingerprint density at radius 2 is 1.80 bits per heavy atom. The second kappa shape index (κ2) is 8.50. The normalized spacial score (nSPS) is 21.8. The van der Waals surface area contributed by atoms with Crippen LogP contribution >= 0.6 is 0 Å². The van der Waals surface area contributed by atoms with E-state index in [1.165, 1.54) is 6.42 Å². The van der Waals surface area contributed by atoms with E-state index < -0.39 is 5.54 Å². The molecule has 1 aliphatic carbocycles. The highest BCUT2D eigenvalue weighted by Gasteiger charge is 2.47. The molecule has 0 unspecified atom stereocenters. The van der Waals surface area contributed by atoms with E-state index in [2.05, 4.69) is 5.32 Å². The van der Waals surface area contributed by atoms with Gasteiger partial charge >= 0.3 is 0 Å². The van der Waals surface area contributed by atoms with Crippen molar-refractivity contribution in [3.05, 3.63) is 65.2 Å². The summed E-state index contributed by atoms with van der Waals surface area (Å²) in [4.78, 5) is 28.8. The molecule has 1 N–H and O–H groups in total. The molecule has 1 heterocycles. The van der Waals surface area contributed by atoms with E-state index in [4.69, 9.17) is 4.74 Å². The number of hydrogen-bond donors (Lipinski definition) is 1. The van der Waals surface area contributed by atoms with Crippen LogP contribution in [-0.4, -0.2) is 35.4 Å². The third-order valence-electron chi connectivity index (χ3n) is 6.57. The largest absolute Gasteiger partial charge is 0.496 e. The number of carbonyl (C=O) groups is 2. The predicted molar refractivity (Wildman–Crippen MR) is 116 cm³/mol. The number of nitrogens with one attached hydrogen (secondary N) is 1. The van der Waals surface area contributed by atoms with E-state index in [9.17, 15) is 9.59 Å². The van der Waals surface area contributed by atoms with Crippen LogP contribution in [0, 0.1) is 0 Å². The molecule has 2 amide bonds.